The Hall–Kier alpha value is -3.03. The van der Waals surface area contributed by atoms with E-state index in [9.17, 15) is 9.59 Å². The molecule has 2 aromatic rings. The summed E-state index contributed by atoms with van der Waals surface area (Å²) >= 11 is 0. The number of fused-ring (bicyclic) bond motifs is 1. The van der Waals surface area contributed by atoms with Crippen molar-refractivity contribution in [3.05, 3.63) is 40.8 Å². The summed E-state index contributed by atoms with van der Waals surface area (Å²) < 4.78 is 20.9. The number of nitrogens with one attached hydrogen (secondary N) is 1. The van der Waals surface area contributed by atoms with E-state index in [1.807, 2.05) is 18.2 Å². The summed E-state index contributed by atoms with van der Waals surface area (Å²) in [6.45, 7) is 4.40. The highest BCUT2D eigenvalue weighted by molar-refractivity contribution is 5.93. The minimum absolute atomic E-state index is 0.258. The summed E-state index contributed by atoms with van der Waals surface area (Å²) in [7, 11) is 0. The van der Waals surface area contributed by atoms with Crippen molar-refractivity contribution in [1.82, 2.24) is 10.5 Å². The number of carbonyl (C=O) groups excluding carboxylic acids is 2. The maximum Gasteiger partial charge on any atom is 0.344 e. The number of aromatic nitrogens is 1. The number of rotatable bonds is 6. The molecule has 1 amide bonds. The Balaban J connectivity index is 1.42. The molecule has 0 atom stereocenters. The van der Waals surface area contributed by atoms with Crippen LogP contribution in [-0.4, -0.2) is 43.4 Å². The number of nitrogens with zero attached hydrogens (tertiary/aromatic N) is 1. The zero-order chi connectivity index (χ0) is 18.5. The molecule has 0 unspecified atom stereocenters. The van der Waals surface area contributed by atoms with Crippen molar-refractivity contribution in [3.8, 4) is 11.5 Å². The molecule has 1 aromatic carbocycles. The lowest BCUT2D eigenvalue weighted by Crippen LogP contribution is -2.30. The quantitative estimate of drug-likeness (QED) is 0.781. The second kappa shape index (κ2) is 7.90. The molecule has 0 saturated heterocycles. The second-order valence-electron chi connectivity index (χ2n) is 5.85. The number of ether oxygens (including phenoxy) is 3. The van der Waals surface area contributed by atoms with Crippen molar-refractivity contribution in [2.75, 3.05) is 26.4 Å². The molecule has 138 valence electrons. The number of esters is 1. The molecule has 0 aliphatic carbocycles. The van der Waals surface area contributed by atoms with E-state index in [2.05, 4.69) is 10.5 Å². The first-order valence-electron chi connectivity index (χ1n) is 8.30. The van der Waals surface area contributed by atoms with Crippen LogP contribution in [-0.2, 0) is 16.0 Å². The van der Waals surface area contributed by atoms with Gasteiger partial charge in [-0.25, -0.2) is 4.79 Å². The predicted molar refractivity (Wildman–Crippen MR) is 90.4 cm³/mol. The molecular weight excluding hydrogens is 340 g/mol. The predicted octanol–water partition coefficient (Wildman–Crippen LogP) is 1.58. The van der Waals surface area contributed by atoms with Crippen LogP contribution < -0.4 is 14.8 Å². The minimum atomic E-state index is -0.622. The van der Waals surface area contributed by atoms with Gasteiger partial charge in [0.2, 0.25) is 0 Å². The van der Waals surface area contributed by atoms with E-state index in [1.165, 1.54) is 0 Å². The van der Waals surface area contributed by atoms with Crippen molar-refractivity contribution in [1.29, 1.82) is 0 Å². The van der Waals surface area contributed by atoms with Crippen molar-refractivity contribution in [2.24, 2.45) is 0 Å². The first-order valence-corrected chi connectivity index (χ1v) is 8.30. The molecular formula is C18H20N2O6. The van der Waals surface area contributed by atoms with E-state index in [0.29, 0.717) is 43.4 Å². The molecule has 0 bridgehead atoms. The molecule has 26 heavy (non-hydrogen) atoms. The third kappa shape index (κ3) is 4.14. The second-order valence-corrected chi connectivity index (χ2v) is 5.85. The van der Waals surface area contributed by atoms with Crippen LogP contribution in [0.2, 0.25) is 0 Å². The summed E-state index contributed by atoms with van der Waals surface area (Å²) in [5, 5.41) is 6.40. The van der Waals surface area contributed by atoms with Gasteiger partial charge in [-0.15, -0.1) is 0 Å². The van der Waals surface area contributed by atoms with Crippen molar-refractivity contribution in [2.45, 2.75) is 20.3 Å². The number of hydrogen-bond acceptors (Lipinski definition) is 7. The Morgan fingerprint density at radius 3 is 2.69 bits per heavy atom. The van der Waals surface area contributed by atoms with Gasteiger partial charge in [0.05, 0.1) is 5.69 Å². The van der Waals surface area contributed by atoms with Gasteiger partial charge in [0.15, 0.2) is 18.1 Å². The number of carbonyl (C=O) groups is 2. The smallest absolute Gasteiger partial charge is 0.344 e. The van der Waals surface area contributed by atoms with Gasteiger partial charge < -0.3 is 24.1 Å². The van der Waals surface area contributed by atoms with Crippen LogP contribution in [0.1, 0.15) is 27.4 Å². The van der Waals surface area contributed by atoms with Crippen LogP contribution in [0.4, 0.5) is 0 Å². The van der Waals surface area contributed by atoms with E-state index >= 15 is 0 Å². The van der Waals surface area contributed by atoms with Gasteiger partial charge in [-0.3, -0.25) is 4.79 Å². The van der Waals surface area contributed by atoms with Crippen LogP contribution >= 0.6 is 0 Å². The Labute approximate surface area is 150 Å². The summed E-state index contributed by atoms with van der Waals surface area (Å²) in [6.07, 6.45) is 0.625. The number of benzene rings is 1. The third-order valence-corrected chi connectivity index (χ3v) is 3.91. The lowest BCUT2D eigenvalue weighted by atomic mass is 10.1. The van der Waals surface area contributed by atoms with E-state index in [-0.39, 0.29) is 18.1 Å². The molecule has 1 aliphatic heterocycles. The Morgan fingerprint density at radius 2 is 1.96 bits per heavy atom. The number of hydrogen-bond donors (Lipinski definition) is 1. The fourth-order valence-corrected chi connectivity index (χ4v) is 2.62. The van der Waals surface area contributed by atoms with Crippen LogP contribution in [0.5, 0.6) is 11.5 Å². The largest absolute Gasteiger partial charge is 0.486 e. The molecule has 1 N–H and O–H groups in total. The van der Waals surface area contributed by atoms with E-state index in [0.717, 1.165) is 11.3 Å². The fourth-order valence-electron chi connectivity index (χ4n) is 2.62. The Kier molecular flexibility index (Phi) is 5.40. The van der Waals surface area contributed by atoms with Gasteiger partial charge >= 0.3 is 5.97 Å². The van der Waals surface area contributed by atoms with Gasteiger partial charge in [0, 0.05) is 6.54 Å². The van der Waals surface area contributed by atoms with Gasteiger partial charge in [0.1, 0.15) is 24.5 Å². The molecule has 0 spiro atoms. The van der Waals surface area contributed by atoms with E-state index in [1.54, 1.807) is 13.8 Å². The highest BCUT2D eigenvalue weighted by Crippen LogP contribution is 2.30. The van der Waals surface area contributed by atoms with Gasteiger partial charge in [-0.1, -0.05) is 11.2 Å². The monoisotopic (exact) mass is 360 g/mol. The van der Waals surface area contributed by atoms with Crippen LogP contribution in [0, 0.1) is 13.8 Å². The maximum absolute atomic E-state index is 12.0. The molecule has 0 fully saturated rings. The lowest BCUT2D eigenvalue weighted by Gasteiger charge is -2.18. The maximum atomic E-state index is 12.0. The summed E-state index contributed by atoms with van der Waals surface area (Å²) in [6, 6.07) is 5.69. The SMILES string of the molecule is Cc1noc(C)c1C(=O)OCC(=O)NCCc1ccc2c(c1)OCCO2. The Morgan fingerprint density at radius 1 is 1.19 bits per heavy atom. The van der Waals surface area contributed by atoms with Crippen molar-refractivity contribution < 1.29 is 28.3 Å². The van der Waals surface area contributed by atoms with Crippen LogP contribution in [0.15, 0.2) is 22.7 Å². The van der Waals surface area contributed by atoms with Crippen molar-refractivity contribution in [3.63, 3.8) is 0 Å². The lowest BCUT2D eigenvalue weighted by molar-refractivity contribution is -0.124. The molecule has 0 saturated carbocycles. The van der Waals surface area contributed by atoms with Gasteiger partial charge in [-0.2, -0.15) is 0 Å². The third-order valence-electron chi connectivity index (χ3n) is 3.91. The molecule has 1 aromatic heterocycles. The normalized spacial score (nSPS) is 12.5. The summed E-state index contributed by atoms with van der Waals surface area (Å²) in [5.41, 5.74) is 1.71. The first-order chi connectivity index (χ1) is 12.5. The first kappa shape index (κ1) is 17.8. The Bertz CT molecular complexity index is 795. The number of aryl methyl sites for hydroxylation is 2. The van der Waals surface area contributed by atoms with E-state index in [4.69, 9.17) is 18.7 Å². The zero-order valence-electron chi connectivity index (χ0n) is 14.7. The molecule has 8 nitrogen and oxygen atoms in total. The molecule has 3 rings (SSSR count). The fraction of sp³-hybridized carbons (Fsp3) is 0.389. The zero-order valence-corrected chi connectivity index (χ0v) is 14.7. The van der Waals surface area contributed by atoms with Crippen LogP contribution in [0.3, 0.4) is 0 Å². The topological polar surface area (TPSA) is 99.9 Å². The van der Waals surface area contributed by atoms with E-state index < -0.39 is 5.97 Å². The van der Waals surface area contributed by atoms with Gasteiger partial charge in [-0.05, 0) is 38.0 Å². The standard InChI is InChI=1S/C18H20N2O6/c1-11-17(12(2)26-20-11)18(22)25-10-16(21)19-6-5-13-3-4-14-15(9-13)24-8-7-23-14/h3-4,9H,5-8,10H2,1-2H3,(H,19,21). The highest BCUT2D eigenvalue weighted by atomic mass is 16.6. The average molecular weight is 360 g/mol. The van der Waals surface area contributed by atoms with Crippen LogP contribution in [0.25, 0.3) is 0 Å². The average Bonchev–Trinajstić information content (AvgIpc) is 2.98. The van der Waals surface area contributed by atoms with Crippen molar-refractivity contribution >= 4 is 11.9 Å². The molecule has 8 heteroatoms. The number of amides is 1. The molecule has 1 aliphatic rings. The highest BCUT2D eigenvalue weighted by Gasteiger charge is 2.19. The molecule has 2 heterocycles. The minimum Gasteiger partial charge on any atom is -0.486 e. The summed E-state index contributed by atoms with van der Waals surface area (Å²) in [5.74, 6) is 0.821. The molecule has 0 radical (unpaired) electrons. The van der Waals surface area contributed by atoms with Gasteiger partial charge in [0.25, 0.3) is 5.91 Å². The summed E-state index contributed by atoms with van der Waals surface area (Å²) in [4.78, 5) is 23.8.